The molecule has 0 radical (unpaired) electrons. The molecule has 2 aliphatic rings. The second-order valence-electron chi connectivity index (χ2n) is 4.83. The number of rotatable bonds is 4. The van der Waals surface area contributed by atoms with Crippen LogP contribution in [0.25, 0.3) is 0 Å². The van der Waals surface area contributed by atoms with Crippen molar-refractivity contribution in [1.29, 1.82) is 0 Å². The quantitative estimate of drug-likeness (QED) is 0.280. The van der Waals surface area contributed by atoms with Crippen molar-refractivity contribution in [3.8, 4) is 0 Å². The fraction of sp³-hybridized carbons (Fsp3) is 0.818. The molecule has 2 fully saturated rings. The van der Waals surface area contributed by atoms with Gasteiger partial charge in [0.2, 0.25) is 5.91 Å². The number of hydrogen-bond acceptors (Lipinski definition) is 4. The van der Waals surface area contributed by atoms with E-state index < -0.39 is 5.41 Å². The van der Waals surface area contributed by atoms with Gasteiger partial charge in [0, 0.05) is 19.8 Å². The van der Waals surface area contributed by atoms with Crippen LogP contribution in [-0.4, -0.2) is 36.7 Å². The lowest BCUT2D eigenvalue weighted by atomic mass is 9.99. The molecule has 6 nitrogen and oxygen atoms in total. The first-order valence-corrected chi connectivity index (χ1v) is 6.03. The number of oxime groups is 1. The van der Waals surface area contributed by atoms with Crippen molar-refractivity contribution in [1.82, 2.24) is 5.32 Å². The zero-order chi connectivity index (χ0) is 12.3. The molecule has 2 rings (SSSR count). The van der Waals surface area contributed by atoms with Gasteiger partial charge in [0.25, 0.3) is 0 Å². The third kappa shape index (κ3) is 2.52. The molecule has 1 aliphatic carbocycles. The van der Waals surface area contributed by atoms with Crippen LogP contribution in [0.5, 0.6) is 0 Å². The summed E-state index contributed by atoms with van der Waals surface area (Å²) < 4.78 is 5.26. The van der Waals surface area contributed by atoms with Gasteiger partial charge < -0.3 is 21.0 Å². The summed E-state index contributed by atoms with van der Waals surface area (Å²) in [6.45, 7) is 2.19. The Morgan fingerprint density at radius 3 is 2.65 bits per heavy atom. The largest absolute Gasteiger partial charge is 0.409 e. The first kappa shape index (κ1) is 12.2. The number of nitrogens with two attached hydrogens (primary N) is 1. The molecule has 0 spiro atoms. The van der Waals surface area contributed by atoms with E-state index in [1.54, 1.807) is 0 Å². The first-order valence-electron chi connectivity index (χ1n) is 6.03. The van der Waals surface area contributed by atoms with E-state index in [4.69, 9.17) is 15.7 Å². The fourth-order valence-corrected chi connectivity index (χ4v) is 2.18. The number of amidine groups is 1. The second kappa shape index (κ2) is 4.91. The molecule has 1 aliphatic heterocycles. The molecule has 1 heterocycles. The first-order chi connectivity index (χ1) is 8.19. The number of carbonyl (C=O) groups excluding carboxylic acids is 1. The molecule has 0 unspecified atom stereocenters. The smallest absolute Gasteiger partial charge is 0.233 e. The van der Waals surface area contributed by atoms with Crippen LogP contribution < -0.4 is 11.1 Å². The number of nitrogens with one attached hydrogen (secondary N) is 1. The molecule has 0 atom stereocenters. The van der Waals surface area contributed by atoms with Gasteiger partial charge in [0.1, 0.15) is 5.41 Å². The standard InChI is InChI=1S/C11H19N3O3/c12-9(14-16)11(3-4-11)10(15)13-7-8-1-5-17-6-2-8/h8,16H,1-7H2,(H2,12,14)(H,13,15). The maximum Gasteiger partial charge on any atom is 0.233 e. The summed E-state index contributed by atoms with van der Waals surface area (Å²) >= 11 is 0. The average Bonchev–Trinajstić information content (AvgIpc) is 3.17. The minimum atomic E-state index is -0.736. The van der Waals surface area contributed by atoms with E-state index in [1.165, 1.54) is 0 Å². The predicted octanol–water partition coefficient (Wildman–Crippen LogP) is 0.0558. The molecular weight excluding hydrogens is 222 g/mol. The SMILES string of the molecule is NC(=NO)C1(C(=O)NCC2CCOCC2)CC1. The van der Waals surface area contributed by atoms with Gasteiger partial charge in [0.15, 0.2) is 5.84 Å². The van der Waals surface area contributed by atoms with Crippen LogP contribution >= 0.6 is 0 Å². The third-order valence-electron chi connectivity index (χ3n) is 3.67. The predicted molar refractivity (Wildman–Crippen MR) is 61.6 cm³/mol. The minimum Gasteiger partial charge on any atom is -0.409 e. The van der Waals surface area contributed by atoms with Crippen LogP contribution in [0.2, 0.25) is 0 Å². The molecule has 17 heavy (non-hydrogen) atoms. The lowest BCUT2D eigenvalue weighted by Gasteiger charge is -2.23. The Morgan fingerprint density at radius 2 is 2.12 bits per heavy atom. The van der Waals surface area contributed by atoms with Crippen LogP contribution in [0.4, 0.5) is 0 Å². The van der Waals surface area contributed by atoms with Crippen LogP contribution in [0, 0.1) is 11.3 Å². The van der Waals surface area contributed by atoms with E-state index in [9.17, 15) is 4.79 Å². The number of hydrogen-bond donors (Lipinski definition) is 3. The van der Waals surface area contributed by atoms with Gasteiger partial charge in [-0.1, -0.05) is 5.16 Å². The van der Waals surface area contributed by atoms with Gasteiger partial charge in [0.05, 0.1) is 0 Å². The van der Waals surface area contributed by atoms with Crippen LogP contribution in [0.1, 0.15) is 25.7 Å². The summed E-state index contributed by atoms with van der Waals surface area (Å²) in [4.78, 5) is 12.0. The highest BCUT2D eigenvalue weighted by Crippen LogP contribution is 2.46. The van der Waals surface area contributed by atoms with Crippen molar-refractivity contribution in [2.75, 3.05) is 19.8 Å². The van der Waals surface area contributed by atoms with Crippen molar-refractivity contribution in [2.24, 2.45) is 22.2 Å². The van der Waals surface area contributed by atoms with E-state index in [-0.39, 0.29) is 11.7 Å². The molecule has 4 N–H and O–H groups in total. The maximum absolute atomic E-state index is 12.0. The molecular formula is C11H19N3O3. The zero-order valence-electron chi connectivity index (χ0n) is 9.82. The Labute approximate surface area is 100 Å². The fourth-order valence-electron chi connectivity index (χ4n) is 2.18. The summed E-state index contributed by atoms with van der Waals surface area (Å²) in [7, 11) is 0. The summed E-state index contributed by atoms with van der Waals surface area (Å²) in [5.74, 6) is 0.400. The normalized spacial score (nSPS) is 24.4. The minimum absolute atomic E-state index is 0.0296. The lowest BCUT2D eigenvalue weighted by Crippen LogP contribution is -2.42. The summed E-state index contributed by atoms with van der Waals surface area (Å²) in [6.07, 6.45) is 3.30. The van der Waals surface area contributed by atoms with E-state index in [2.05, 4.69) is 10.5 Å². The Bertz CT molecular complexity index is 320. The van der Waals surface area contributed by atoms with E-state index in [0.717, 1.165) is 26.1 Å². The lowest BCUT2D eigenvalue weighted by molar-refractivity contribution is -0.124. The third-order valence-corrected chi connectivity index (χ3v) is 3.67. The van der Waals surface area contributed by atoms with E-state index in [1.807, 2.05) is 0 Å². The number of carbonyl (C=O) groups is 1. The summed E-state index contributed by atoms with van der Waals surface area (Å²) in [5, 5.41) is 14.5. The molecule has 1 saturated carbocycles. The van der Waals surface area contributed by atoms with Gasteiger partial charge in [-0.2, -0.15) is 0 Å². The number of ether oxygens (including phenoxy) is 1. The highest BCUT2D eigenvalue weighted by Gasteiger charge is 2.54. The van der Waals surface area contributed by atoms with Gasteiger partial charge in [-0.15, -0.1) is 0 Å². The zero-order valence-corrected chi connectivity index (χ0v) is 9.82. The second-order valence-corrected chi connectivity index (χ2v) is 4.83. The molecule has 1 saturated heterocycles. The molecule has 96 valence electrons. The van der Waals surface area contributed by atoms with Crippen molar-refractivity contribution in [3.63, 3.8) is 0 Å². The Balaban J connectivity index is 1.81. The Kier molecular flexibility index (Phi) is 3.51. The molecule has 0 aromatic carbocycles. The summed E-state index contributed by atoms with van der Waals surface area (Å²) in [6, 6.07) is 0. The van der Waals surface area contributed by atoms with Gasteiger partial charge in [-0.3, -0.25) is 4.79 Å². The topological polar surface area (TPSA) is 96.9 Å². The average molecular weight is 241 g/mol. The molecule has 0 aromatic heterocycles. The number of amides is 1. The highest BCUT2D eigenvalue weighted by atomic mass is 16.5. The Hall–Kier alpha value is -1.30. The van der Waals surface area contributed by atoms with Crippen molar-refractivity contribution in [2.45, 2.75) is 25.7 Å². The highest BCUT2D eigenvalue weighted by molar-refractivity contribution is 6.09. The molecule has 6 heteroatoms. The van der Waals surface area contributed by atoms with Crippen molar-refractivity contribution in [3.05, 3.63) is 0 Å². The van der Waals surface area contributed by atoms with E-state index in [0.29, 0.717) is 25.3 Å². The molecule has 0 bridgehead atoms. The van der Waals surface area contributed by atoms with Crippen molar-refractivity contribution >= 4 is 11.7 Å². The van der Waals surface area contributed by atoms with Gasteiger partial charge >= 0.3 is 0 Å². The monoisotopic (exact) mass is 241 g/mol. The van der Waals surface area contributed by atoms with Gasteiger partial charge in [-0.25, -0.2) is 0 Å². The van der Waals surface area contributed by atoms with Crippen LogP contribution in [0.3, 0.4) is 0 Å². The molecule has 1 amide bonds. The molecule has 0 aromatic rings. The maximum atomic E-state index is 12.0. The summed E-state index contributed by atoms with van der Waals surface area (Å²) in [5.41, 5.74) is 4.81. The van der Waals surface area contributed by atoms with Crippen molar-refractivity contribution < 1.29 is 14.7 Å². The van der Waals surface area contributed by atoms with Crippen LogP contribution in [0.15, 0.2) is 5.16 Å². The van der Waals surface area contributed by atoms with Gasteiger partial charge in [-0.05, 0) is 31.6 Å². The number of nitrogens with zero attached hydrogens (tertiary/aromatic N) is 1. The van der Waals surface area contributed by atoms with Crippen LogP contribution in [-0.2, 0) is 9.53 Å². The Morgan fingerprint density at radius 1 is 1.47 bits per heavy atom. The van der Waals surface area contributed by atoms with E-state index >= 15 is 0 Å².